The molecule has 0 atom stereocenters. The first kappa shape index (κ1) is 20.0. The molecule has 0 radical (unpaired) electrons. The second-order valence-corrected chi connectivity index (χ2v) is 10.2. The Balaban J connectivity index is 1.65. The van der Waals surface area contributed by atoms with Crippen LogP contribution in [0.15, 0.2) is 70.9 Å². The van der Waals surface area contributed by atoms with Crippen molar-refractivity contribution >= 4 is 38.2 Å². The number of para-hydroxylation sites is 1. The molecule has 5 rings (SSSR count). The molecule has 1 aliphatic heterocycles. The summed E-state index contributed by atoms with van der Waals surface area (Å²) in [6, 6.07) is 18.9. The summed E-state index contributed by atoms with van der Waals surface area (Å²) in [4.78, 5) is 13.5. The summed E-state index contributed by atoms with van der Waals surface area (Å²) in [5.74, 6) is -1.23. The van der Waals surface area contributed by atoms with Gasteiger partial charge in [0.05, 0.1) is 11.2 Å². The zero-order valence-electron chi connectivity index (χ0n) is 16.6. The Labute approximate surface area is 184 Å². The molecule has 0 bridgehead atoms. The molecule has 4 aromatic rings. The molecule has 0 amide bonds. The number of hydrogen-bond donors (Lipinski definition) is 1. The van der Waals surface area contributed by atoms with Gasteiger partial charge in [0.25, 0.3) is 10.0 Å². The number of nitrogens with zero attached hydrogens (tertiary/aromatic N) is 2. The predicted octanol–water partition coefficient (Wildman–Crippen LogP) is 4.20. The van der Waals surface area contributed by atoms with Crippen LogP contribution in [0.4, 0.5) is 0 Å². The van der Waals surface area contributed by atoms with Crippen molar-refractivity contribution in [2.24, 2.45) is 0 Å². The van der Waals surface area contributed by atoms with Crippen LogP contribution in [-0.2, 0) is 29.5 Å². The van der Waals surface area contributed by atoms with Crippen molar-refractivity contribution < 1.29 is 18.3 Å². The van der Waals surface area contributed by atoms with Crippen molar-refractivity contribution in [3.8, 4) is 0 Å². The van der Waals surface area contributed by atoms with E-state index in [9.17, 15) is 18.3 Å². The molecule has 158 valence electrons. The summed E-state index contributed by atoms with van der Waals surface area (Å²) >= 11 is 0.924. The van der Waals surface area contributed by atoms with Gasteiger partial charge in [0, 0.05) is 25.0 Å². The maximum Gasteiger partial charge on any atom is 0.347 e. The smallest absolute Gasteiger partial charge is 0.347 e. The summed E-state index contributed by atoms with van der Waals surface area (Å²) in [5.41, 5.74) is 3.50. The lowest BCUT2D eigenvalue weighted by Crippen LogP contribution is -2.32. The number of aromatic carboxylic acids is 1. The van der Waals surface area contributed by atoms with Crippen molar-refractivity contribution in [2.75, 3.05) is 6.54 Å². The first-order chi connectivity index (χ1) is 15.0. The Morgan fingerprint density at radius 2 is 1.77 bits per heavy atom. The van der Waals surface area contributed by atoms with Crippen LogP contribution in [0.5, 0.6) is 0 Å². The van der Waals surface area contributed by atoms with Crippen LogP contribution < -0.4 is 0 Å². The molecule has 8 heteroatoms. The molecule has 0 aliphatic carbocycles. The molecule has 0 saturated heterocycles. The van der Waals surface area contributed by atoms with Gasteiger partial charge in [-0.25, -0.2) is 17.2 Å². The average Bonchev–Trinajstić information content (AvgIpc) is 3.38. The van der Waals surface area contributed by atoms with E-state index in [2.05, 4.69) is 17.0 Å². The quantitative estimate of drug-likeness (QED) is 0.491. The Hall–Kier alpha value is -2.94. The van der Waals surface area contributed by atoms with E-state index >= 15 is 0 Å². The molecule has 31 heavy (non-hydrogen) atoms. The van der Waals surface area contributed by atoms with Gasteiger partial charge < -0.3 is 5.11 Å². The lowest BCUT2D eigenvalue weighted by molar-refractivity contribution is 0.0698. The van der Waals surface area contributed by atoms with Crippen molar-refractivity contribution in [1.82, 2.24) is 8.87 Å². The minimum absolute atomic E-state index is 0.159. The topological polar surface area (TPSA) is 79.6 Å². The summed E-state index contributed by atoms with van der Waals surface area (Å²) < 4.78 is 28.8. The van der Waals surface area contributed by atoms with E-state index in [0.29, 0.717) is 17.8 Å². The first-order valence-corrected chi connectivity index (χ1v) is 12.2. The maximum absolute atomic E-state index is 13.7. The normalized spacial score (nSPS) is 14.6. The van der Waals surface area contributed by atoms with E-state index < -0.39 is 16.0 Å². The largest absolute Gasteiger partial charge is 0.477 e. The van der Waals surface area contributed by atoms with E-state index in [1.54, 1.807) is 6.07 Å². The highest BCUT2D eigenvalue weighted by Crippen LogP contribution is 2.35. The minimum atomic E-state index is -4.07. The van der Waals surface area contributed by atoms with Crippen LogP contribution in [0.3, 0.4) is 0 Å². The summed E-state index contributed by atoms with van der Waals surface area (Å²) in [5, 5.41) is 11.9. The second-order valence-electron chi connectivity index (χ2n) is 7.58. The van der Waals surface area contributed by atoms with Gasteiger partial charge in [0.15, 0.2) is 0 Å². The van der Waals surface area contributed by atoms with Crippen molar-refractivity contribution in [1.29, 1.82) is 0 Å². The molecule has 2 aromatic heterocycles. The van der Waals surface area contributed by atoms with Gasteiger partial charge >= 0.3 is 5.97 Å². The molecular formula is C23H20N2O4S2. The standard InChI is InChI=1S/C23H20N2O4S2/c26-23(27)22-21(11-13-30-22)31(28,29)25-19-9-5-4-8-17(19)18-10-12-24(15-20(18)25)14-16-6-2-1-3-7-16/h1-9,11,13H,10,12,14-15H2,(H,26,27). The highest BCUT2D eigenvalue weighted by molar-refractivity contribution is 7.90. The summed E-state index contributed by atoms with van der Waals surface area (Å²) in [6.45, 7) is 2.03. The fourth-order valence-corrected chi connectivity index (χ4v) is 7.14. The number of carboxylic acids is 1. The van der Waals surface area contributed by atoms with E-state index in [4.69, 9.17) is 0 Å². The number of aromatic nitrogens is 1. The molecule has 1 aliphatic rings. The number of rotatable bonds is 5. The van der Waals surface area contributed by atoms with Gasteiger partial charge in [0.2, 0.25) is 0 Å². The fraction of sp³-hybridized carbons (Fsp3) is 0.174. The molecule has 2 aromatic carbocycles. The zero-order valence-corrected chi connectivity index (χ0v) is 18.2. The van der Waals surface area contributed by atoms with Crippen LogP contribution in [-0.4, -0.2) is 34.9 Å². The average molecular weight is 453 g/mol. The van der Waals surface area contributed by atoms with E-state index in [1.165, 1.54) is 21.0 Å². The number of hydrogen-bond acceptors (Lipinski definition) is 5. The molecular weight excluding hydrogens is 432 g/mol. The molecule has 0 unspecified atom stereocenters. The number of carboxylic acid groups (broad SMARTS) is 1. The van der Waals surface area contributed by atoms with Gasteiger partial charge in [-0.3, -0.25) is 4.90 Å². The monoisotopic (exact) mass is 452 g/mol. The van der Waals surface area contributed by atoms with Crippen LogP contribution in [0.25, 0.3) is 10.9 Å². The summed E-state index contributed by atoms with van der Waals surface area (Å²) in [6.07, 6.45) is 0.737. The second kappa shape index (κ2) is 7.64. The van der Waals surface area contributed by atoms with Crippen LogP contribution in [0, 0.1) is 0 Å². The number of carbonyl (C=O) groups is 1. The molecule has 6 nitrogen and oxygen atoms in total. The van der Waals surface area contributed by atoms with Gasteiger partial charge in [-0.2, -0.15) is 0 Å². The van der Waals surface area contributed by atoms with E-state index in [1.807, 2.05) is 36.4 Å². The van der Waals surface area contributed by atoms with Crippen LogP contribution >= 0.6 is 11.3 Å². The highest BCUT2D eigenvalue weighted by Gasteiger charge is 2.33. The summed E-state index contributed by atoms with van der Waals surface area (Å²) in [7, 11) is -4.07. The molecule has 3 heterocycles. The highest BCUT2D eigenvalue weighted by atomic mass is 32.2. The SMILES string of the molecule is O=C(O)c1sccc1S(=O)(=O)n1c2c(c3ccccc31)CCN(Cc1ccccc1)C2. The third-order valence-corrected chi connectivity index (χ3v) is 8.51. The first-order valence-electron chi connectivity index (χ1n) is 9.90. The molecule has 1 N–H and O–H groups in total. The predicted molar refractivity (Wildman–Crippen MR) is 120 cm³/mol. The lowest BCUT2D eigenvalue weighted by Gasteiger charge is -2.28. The van der Waals surface area contributed by atoms with Crippen molar-refractivity contribution in [2.45, 2.75) is 24.4 Å². The fourth-order valence-electron chi connectivity index (χ4n) is 4.33. The number of benzene rings is 2. The van der Waals surface area contributed by atoms with E-state index in [-0.39, 0.29) is 9.77 Å². The van der Waals surface area contributed by atoms with Crippen LogP contribution in [0.1, 0.15) is 26.5 Å². The third kappa shape index (κ3) is 3.37. The Kier molecular flexibility index (Phi) is 4.92. The van der Waals surface area contributed by atoms with Crippen molar-refractivity contribution in [3.63, 3.8) is 0 Å². The lowest BCUT2D eigenvalue weighted by atomic mass is 10.0. The van der Waals surface area contributed by atoms with Gasteiger partial charge in [-0.1, -0.05) is 48.5 Å². The maximum atomic E-state index is 13.7. The minimum Gasteiger partial charge on any atom is -0.477 e. The Morgan fingerprint density at radius 1 is 1.03 bits per heavy atom. The molecule has 0 fully saturated rings. The van der Waals surface area contributed by atoms with Crippen molar-refractivity contribution in [3.05, 3.63) is 87.7 Å². The van der Waals surface area contributed by atoms with Gasteiger partial charge in [-0.05, 0) is 35.1 Å². The van der Waals surface area contributed by atoms with Gasteiger partial charge in [0.1, 0.15) is 9.77 Å². The van der Waals surface area contributed by atoms with Crippen LogP contribution in [0.2, 0.25) is 0 Å². The Morgan fingerprint density at radius 3 is 2.55 bits per heavy atom. The molecule has 0 saturated carbocycles. The zero-order chi connectivity index (χ0) is 21.6. The third-order valence-electron chi connectivity index (χ3n) is 5.68. The Bertz CT molecular complexity index is 1390. The van der Waals surface area contributed by atoms with E-state index in [0.717, 1.165) is 41.8 Å². The van der Waals surface area contributed by atoms with Gasteiger partial charge in [-0.15, -0.1) is 11.3 Å². The number of fused-ring (bicyclic) bond motifs is 3. The number of thiophene rings is 1. The molecule has 0 spiro atoms.